The highest BCUT2D eigenvalue weighted by Gasteiger charge is 2.13. The predicted octanol–water partition coefficient (Wildman–Crippen LogP) is 2.58. The molecule has 0 radical (unpaired) electrons. The van der Waals surface area contributed by atoms with Crippen LogP contribution in [0.1, 0.15) is 17.4 Å². The predicted molar refractivity (Wildman–Crippen MR) is 73.5 cm³/mol. The molecule has 1 atom stereocenters. The van der Waals surface area contributed by atoms with Gasteiger partial charge in [-0.25, -0.2) is 4.98 Å². The van der Waals surface area contributed by atoms with Crippen LogP contribution in [0.5, 0.6) is 0 Å². The summed E-state index contributed by atoms with van der Waals surface area (Å²) in [6.07, 6.45) is 2.20. The largest absolute Gasteiger partial charge is 0.324 e. The van der Waals surface area contributed by atoms with Crippen LogP contribution >= 0.6 is 31.9 Å². The smallest absolute Gasteiger partial charge is 0.138 e. The van der Waals surface area contributed by atoms with Crippen molar-refractivity contribution in [2.75, 3.05) is 0 Å². The summed E-state index contributed by atoms with van der Waals surface area (Å²) in [4.78, 5) is 4.18. The van der Waals surface area contributed by atoms with Gasteiger partial charge in [0.1, 0.15) is 12.2 Å². The minimum Gasteiger partial charge on any atom is -0.324 e. The molecule has 4 nitrogen and oxygen atoms in total. The van der Waals surface area contributed by atoms with E-state index >= 15 is 0 Å². The molecule has 0 bridgehead atoms. The maximum absolute atomic E-state index is 6.19. The third-order valence-electron chi connectivity index (χ3n) is 2.57. The first-order valence-electron chi connectivity index (χ1n) is 5.11. The highest BCUT2D eigenvalue weighted by molar-refractivity contribution is 9.11. The second-order valence-electron chi connectivity index (χ2n) is 3.78. The van der Waals surface area contributed by atoms with Crippen molar-refractivity contribution in [3.8, 4) is 0 Å². The zero-order chi connectivity index (χ0) is 12.4. The lowest BCUT2D eigenvalue weighted by molar-refractivity contribution is 0.628. The van der Waals surface area contributed by atoms with E-state index in [1.54, 1.807) is 4.68 Å². The third-order valence-corrected chi connectivity index (χ3v) is 3.78. The zero-order valence-corrected chi connectivity index (χ0v) is 12.4. The van der Waals surface area contributed by atoms with Crippen molar-refractivity contribution in [3.63, 3.8) is 0 Å². The molecule has 6 heteroatoms. The van der Waals surface area contributed by atoms with Crippen LogP contribution in [0.3, 0.4) is 0 Å². The van der Waals surface area contributed by atoms with Gasteiger partial charge in [0.2, 0.25) is 0 Å². The second kappa shape index (κ2) is 5.29. The van der Waals surface area contributed by atoms with E-state index < -0.39 is 0 Å². The summed E-state index contributed by atoms with van der Waals surface area (Å²) in [5.74, 6) is 0.879. The molecule has 2 rings (SSSR count). The summed E-state index contributed by atoms with van der Waals surface area (Å²) in [5.41, 5.74) is 7.25. The Morgan fingerprint density at radius 2 is 2.18 bits per heavy atom. The molecule has 0 spiro atoms. The minimum absolute atomic E-state index is 0.107. The van der Waals surface area contributed by atoms with E-state index in [1.165, 1.54) is 6.33 Å². The summed E-state index contributed by atoms with van der Waals surface area (Å²) in [7, 11) is 1.87. The van der Waals surface area contributed by atoms with Crippen molar-refractivity contribution in [2.45, 2.75) is 12.5 Å². The number of halogens is 2. The molecule has 1 unspecified atom stereocenters. The van der Waals surface area contributed by atoms with Gasteiger partial charge in [0.05, 0.1) is 0 Å². The van der Waals surface area contributed by atoms with E-state index in [-0.39, 0.29) is 6.04 Å². The summed E-state index contributed by atoms with van der Waals surface area (Å²) < 4.78 is 3.77. The first-order chi connectivity index (χ1) is 8.08. The highest BCUT2D eigenvalue weighted by atomic mass is 79.9. The molecule has 2 aromatic rings. The van der Waals surface area contributed by atoms with Gasteiger partial charge in [-0.15, -0.1) is 0 Å². The summed E-state index contributed by atoms with van der Waals surface area (Å²) in [5, 5.41) is 4.03. The number of nitrogens with two attached hydrogens (primary N) is 1. The molecule has 1 aromatic carbocycles. The van der Waals surface area contributed by atoms with E-state index in [0.717, 1.165) is 20.3 Å². The molecular weight excluding hydrogens is 348 g/mol. The molecule has 0 aliphatic carbocycles. The number of rotatable bonds is 3. The van der Waals surface area contributed by atoms with Crippen molar-refractivity contribution in [3.05, 3.63) is 44.9 Å². The first kappa shape index (κ1) is 12.7. The van der Waals surface area contributed by atoms with Crippen LogP contribution in [0.25, 0.3) is 0 Å². The van der Waals surface area contributed by atoms with E-state index in [0.29, 0.717) is 6.42 Å². The summed E-state index contributed by atoms with van der Waals surface area (Å²) in [6, 6.07) is 5.87. The fourth-order valence-corrected chi connectivity index (χ4v) is 2.53. The SMILES string of the molecule is Cn1ncnc1CC(N)c1cc(Br)ccc1Br. The topological polar surface area (TPSA) is 56.7 Å². The Kier molecular flexibility index (Phi) is 3.96. The second-order valence-corrected chi connectivity index (χ2v) is 5.55. The zero-order valence-electron chi connectivity index (χ0n) is 9.27. The average molecular weight is 360 g/mol. The van der Waals surface area contributed by atoms with Gasteiger partial charge in [-0.2, -0.15) is 5.10 Å². The molecule has 1 heterocycles. The molecule has 17 heavy (non-hydrogen) atoms. The van der Waals surface area contributed by atoms with Gasteiger partial charge < -0.3 is 5.73 Å². The number of aromatic nitrogens is 3. The van der Waals surface area contributed by atoms with Crippen molar-refractivity contribution >= 4 is 31.9 Å². The molecule has 1 aromatic heterocycles. The number of nitrogens with zero attached hydrogens (tertiary/aromatic N) is 3. The van der Waals surface area contributed by atoms with Crippen molar-refractivity contribution < 1.29 is 0 Å². The lowest BCUT2D eigenvalue weighted by Crippen LogP contribution is -2.16. The Morgan fingerprint density at radius 3 is 2.82 bits per heavy atom. The number of hydrogen-bond donors (Lipinski definition) is 1. The van der Waals surface area contributed by atoms with Crippen molar-refractivity contribution in [1.82, 2.24) is 14.8 Å². The molecule has 0 aliphatic rings. The van der Waals surface area contributed by atoms with Crippen molar-refractivity contribution in [2.24, 2.45) is 12.8 Å². The van der Waals surface area contributed by atoms with Crippen LogP contribution in [0.4, 0.5) is 0 Å². The Labute approximate surface area is 116 Å². The molecule has 0 amide bonds. The molecule has 0 saturated carbocycles. The van der Waals surface area contributed by atoms with Crippen LogP contribution in [0, 0.1) is 0 Å². The molecule has 2 N–H and O–H groups in total. The fraction of sp³-hybridized carbons (Fsp3) is 0.273. The molecule has 0 aliphatic heterocycles. The standard InChI is InChI=1S/C11H12Br2N4/c1-17-11(15-6-16-17)5-10(14)8-4-7(12)2-3-9(8)13/h2-4,6,10H,5,14H2,1H3. The quantitative estimate of drug-likeness (QED) is 0.916. The molecule has 90 valence electrons. The Morgan fingerprint density at radius 1 is 1.41 bits per heavy atom. The Balaban J connectivity index is 2.23. The lowest BCUT2D eigenvalue weighted by atomic mass is 10.0. The highest BCUT2D eigenvalue weighted by Crippen LogP contribution is 2.27. The first-order valence-corrected chi connectivity index (χ1v) is 6.70. The van der Waals surface area contributed by atoms with E-state index in [4.69, 9.17) is 5.73 Å². The monoisotopic (exact) mass is 358 g/mol. The van der Waals surface area contributed by atoms with E-state index in [2.05, 4.69) is 41.9 Å². The number of benzene rings is 1. The fourth-order valence-electron chi connectivity index (χ4n) is 1.61. The van der Waals surface area contributed by atoms with Gasteiger partial charge in [-0.05, 0) is 23.8 Å². The van der Waals surface area contributed by atoms with Crippen LogP contribution in [-0.2, 0) is 13.5 Å². The van der Waals surface area contributed by atoms with Gasteiger partial charge in [-0.3, -0.25) is 4.68 Å². The third kappa shape index (κ3) is 2.94. The maximum Gasteiger partial charge on any atom is 0.138 e. The van der Waals surface area contributed by atoms with Crippen LogP contribution in [-0.4, -0.2) is 14.8 Å². The maximum atomic E-state index is 6.19. The van der Waals surface area contributed by atoms with Crippen LogP contribution < -0.4 is 5.73 Å². The molecule has 0 fully saturated rings. The van der Waals surface area contributed by atoms with E-state index in [9.17, 15) is 0 Å². The normalized spacial score (nSPS) is 12.7. The summed E-state index contributed by atoms with van der Waals surface area (Å²) in [6.45, 7) is 0. The number of aryl methyl sites for hydroxylation is 1. The van der Waals surface area contributed by atoms with Crippen LogP contribution in [0.2, 0.25) is 0 Å². The van der Waals surface area contributed by atoms with Gasteiger partial charge in [0, 0.05) is 28.5 Å². The Bertz CT molecular complexity index is 524. The number of hydrogen-bond acceptors (Lipinski definition) is 3. The minimum atomic E-state index is -0.107. The van der Waals surface area contributed by atoms with Gasteiger partial charge in [0.15, 0.2) is 0 Å². The van der Waals surface area contributed by atoms with Gasteiger partial charge >= 0.3 is 0 Å². The average Bonchev–Trinajstić information content (AvgIpc) is 2.68. The van der Waals surface area contributed by atoms with Crippen molar-refractivity contribution in [1.29, 1.82) is 0 Å². The van der Waals surface area contributed by atoms with Gasteiger partial charge in [0.25, 0.3) is 0 Å². The summed E-state index contributed by atoms with van der Waals surface area (Å²) >= 11 is 6.96. The van der Waals surface area contributed by atoms with Gasteiger partial charge in [-0.1, -0.05) is 31.9 Å². The molecule has 0 saturated heterocycles. The molecular formula is C11H12Br2N4. The lowest BCUT2D eigenvalue weighted by Gasteiger charge is -2.13. The van der Waals surface area contributed by atoms with Crippen LogP contribution in [0.15, 0.2) is 33.5 Å². The Hall–Kier alpha value is -0.720. The van der Waals surface area contributed by atoms with E-state index in [1.807, 2.05) is 25.2 Å².